The van der Waals surface area contributed by atoms with Gasteiger partial charge in [-0.25, -0.2) is 9.78 Å². The summed E-state index contributed by atoms with van der Waals surface area (Å²) in [5.74, 6) is 1.99. The van der Waals surface area contributed by atoms with E-state index in [9.17, 15) is 9.90 Å². The molecule has 1 aromatic heterocycles. The van der Waals surface area contributed by atoms with Crippen molar-refractivity contribution in [2.45, 2.75) is 52.7 Å². The summed E-state index contributed by atoms with van der Waals surface area (Å²) in [7, 11) is 0. The lowest BCUT2D eigenvalue weighted by molar-refractivity contribution is 0.114. The zero-order valence-corrected chi connectivity index (χ0v) is 15.7. The Morgan fingerprint density at radius 3 is 2.68 bits per heavy atom. The van der Waals surface area contributed by atoms with Crippen LogP contribution in [0.1, 0.15) is 45.6 Å². The Bertz CT molecular complexity index is 527. The molecule has 1 aliphatic heterocycles. The summed E-state index contributed by atoms with van der Waals surface area (Å²) in [6, 6.07) is 3.77. The summed E-state index contributed by atoms with van der Waals surface area (Å²) in [4.78, 5) is 18.7. The number of hydrogen-bond acceptors (Lipinski definition) is 4. The van der Waals surface area contributed by atoms with E-state index in [4.69, 9.17) is 0 Å². The van der Waals surface area contributed by atoms with E-state index in [-0.39, 0.29) is 18.5 Å². The maximum absolute atomic E-state index is 11.8. The summed E-state index contributed by atoms with van der Waals surface area (Å²) in [6.07, 6.45) is 4.63. The van der Waals surface area contributed by atoms with Crippen LogP contribution in [0.15, 0.2) is 18.3 Å². The zero-order valence-electron chi connectivity index (χ0n) is 15.7. The number of hydrogen-bond donors (Lipinski definition) is 3. The van der Waals surface area contributed by atoms with Crippen molar-refractivity contribution in [1.82, 2.24) is 15.6 Å². The van der Waals surface area contributed by atoms with Gasteiger partial charge in [-0.15, -0.1) is 0 Å². The highest BCUT2D eigenvalue weighted by Crippen LogP contribution is 2.21. The molecule has 2 rings (SSSR count). The molecule has 1 aliphatic rings. The van der Waals surface area contributed by atoms with Crippen LogP contribution in [0.2, 0.25) is 0 Å². The standard InChI is InChI=1S/C19H32N4O2/c1-4-15(3)17(24)13-22-19(25)21-12-16-5-6-18(20-11-16)23-9-7-14(2)8-10-23/h5-6,11,14-15,17,24H,4,7-10,12-13H2,1-3H3,(H2,21,22,25). The number of anilines is 1. The molecule has 140 valence electrons. The van der Waals surface area contributed by atoms with Crippen molar-refractivity contribution in [3.8, 4) is 0 Å². The van der Waals surface area contributed by atoms with Crippen LogP contribution in [-0.2, 0) is 6.54 Å². The van der Waals surface area contributed by atoms with E-state index in [1.807, 2.05) is 32.2 Å². The maximum atomic E-state index is 11.8. The Kier molecular flexibility index (Phi) is 7.50. The van der Waals surface area contributed by atoms with Gasteiger partial charge in [0.2, 0.25) is 0 Å². The number of nitrogens with zero attached hydrogens (tertiary/aromatic N) is 2. The predicted octanol–water partition coefficient (Wildman–Crippen LogP) is 2.52. The topological polar surface area (TPSA) is 77.5 Å². The number of carbonyl (C=O) groups is 1. The van der Waals surface area contributed by atoms with Gasteiger partial charge in [-0.05, 0) is 36.3 Å². The van der Waals surface area contributed by atoms with Gasteiger partial charge in [0.05, 0.1) is 6.10 Å². The van der Waals surface area contributed by atoms with E-state index in [1.54, 1.807) is 0 Å². The minimum Gasteiger partial charge on any atom is -0.391 e. The first-order chi connectivity index (χ1) is 12.0. The molecule has 6 heteroatoms. The van der Waals surface area contributed by atoms with E-state index in [0.717, 1.165) is 36.8 Å². The van der Waals surface area contributed by atoms with Gasteiger partial charge in [0.25, 0.3) is 0 Å². The summed E-state index contributed by atoms with van der Waals surface area (Å²) in [5.41, 5.74) is 0.965. The average molecular weight is 348 g/mol. The smallest absolute Gasteiger partial charge is 0.315 e. The molecule has 2 atom stereocenters. The normalized spacial score (nSPS) is 17.8. The van der Waals surface area contributed by atoms with Gasteiger partial charge in [0.15, 0.2) is 0 Å². The molecular formula is C19H32N4O2. The summed E-state index contributed by atoms with van der Waals surface area (Å²) in [5, 5.41) is 15.4. The highest BCUT2D eigenvalue weighted by atomic mass is 16.3. The van der Waals surface area contributed by atoms with Gasteiger partial charge in [0.1, 0.15) is 5.82 Å². The molecule has 0 aliphatic carbocycles. The van der Waals surface area contributed by atoms with Gasteiger partial charge in [-0.2, -0.15) is 0 Å². The second kappa shape index (κ2) is 9.61. The first kappa shape index (κ1) is 19.5. The Morgan fingerprint density at radius 2 is 2.08 bits per heavy atom. The summed E-state index contributed by atoms with van der Waals surface area (Å²) >= 11 is 0. The predicted molar refractivity (Wildman–Crippen MR) is 101 cm³/mol. The molecule has 3 N–H and O–H groups in total. The lowest BCUT2D eigenvalue weighted by atomic mass is 9.99. The lowest BCUT2D eigenvalue weighted by Gasteiger charge is -2.31. The third-order valence-corrected chi connectivity index (χ3v) is 5.14. The third kappa shape index (κ3) is 6.20. The van der Waals surface area contributed by atoms with Crippen LogP contribution < -0.4 is 15.5 Å². The Morgan fingerprint density at radius 1 is 1.36 bits per heavy atom. The fraction of sp³-hybridized carbons (Fsp3) is 0.684. The molecule has 1 aromatic rings. The van der Waals surface area contributed by atoms with Crippen molar-refractivity contribution < 1.29 is 9.90 Å². The molecule has 1 saturated heterocycles. The number of carbonyl (C=O) groups excluding carboxylic acids is 1. The Balaban J connectivity index is 1.73. The van der Waals surface area contributed by atoms with Gasteiger partial charge in [-0.3, -0.25) is 0 Å². The number of rotatable bonds is 7. The van der Waals surface area contributed by atoms with Crippen molar-refractivity contribution in [1.29, 1.82) is 0 Å². The SMILES string of the molecule is CCC(C)C(O)CNC(=O)NCc1ccc(N2CCC(C)CC2)nc1. The molecule has 0 aromatic carbocycles. The number of piperidine rings is 1. The van der Waals surface area contributed by atoms with Crippen molar-refractivity contribution >= 4 is 11.8 Å². The lowest BCUT2D eigenvalue weighted by Crippen LogP contribution is -2.41. The van der Waals surface area contributed by atoms with Gasteiger partial charge >= 0.3 is 6.03 Å². The minimum atomic E-state index is -0.510. The van der Waals surface area contributed by atoms with E-state index < -0.39 is 6.10 Å². The van der Waals surface area contributed by atoms with E-state index in [2.05, 4.69) is 27.4 Å². The number of pyridine rings is 1. The van der Waals surface area contributed by atoms with Crippen LogP contribution in [0, 0.1) is 11.8 Å². The van der Waals surface area contributed by atoms with Gasteiger partial charge in [0, 0.05) is 32.4 Å². The molecular weight excluding hydrogens is 316 g/mol. The Labute approximate surface area is 151 Å². The van der Waals surface area contributed by atoms with Crippen molar-refractivity contribution in [2.24, 2.45) is 11.8 Å². The van der Waals surface area contributed by atoms with Crippen molar-refractivity contribution in [3.05, 3.63) is 23.9 Å². The molecule has 0 radical (unpaired) electrons. The third-order valence-electron chi connectivity index (χ3n) is 5.14. The van der Waals surface area contributed by atoms with Crippen LogP contribution in [0.5, 0.6) is 0 Å². The second-order valence-electron chi connectivity index (χ2n) is 7.21. The number of aliphatic hydroxyl groups excluding tert-OH is 1. The number of amides is 2. The first-order valence-corrected chi connectivity index (χ1v) is 9.39. The largest absolute Gasteiger partial charge is 0.391 e. The minimum absolute atomic E-state index is 0.176. The molecule has 25 heavy (non-hydrogen) atoms. The van der Waals surface area contributed by atoms with E-state index >= 15 is 0 Å². The van der Waals surface area contributed by atoms with E-state index in [0.29, 0.717) is 6.54 Å². The molecule has 0 saturated carbocycles. The van der Waals surface area contributed by atoms with Crippen molar-refractivity contribution in [2.75, 3.05) is 24.5 Å². The number of aromatic nitrogens is 1. The molecule has 2 heterocycles. The molecule has 6 nitrogen and oxygen atoms in total. The van der Waals surface area contributed by atoms with Crippen LogP contribution >= 0.6 is 0 Å². The molecule has 2 unspecified atom stereocenters. The van der Waals surface area contributed by atoms with Crippen LogP contribution in [0.3, 0.4) is 0 Å². The highest BCUT2D eigenvalue weighted by Gasteiger charge is 2.17. The summed E-state index contributed by atoms with van der Waals surface area (Å²) in [6.45, 7) is 9.11. The zero-order chi connectivity index (χ0) is 18.2. The monoisotopic (exact) mass is 348 g/mol. The molecule has 0 spiro atoms. The fourth-order valence-electron chi connectivity index (χ4n) is 2.86. The van der Waals surface area contributed by atoms with Crippen molar-refractivity contribution in [3.63, 3.8) is 0 Å². The molecule has 1 fully saturated rings. The molecule has 0 bridgehead atoms. The molecule has 2 amide bonds. The second-order valence-corrected chi connectivity index (χ2v) is 7.21. The Hall–Kier alpha value is -1.82. The van der Waals surface area contributed by atoms with E-state index in [1.165, 1.54) is 12.8 Å². The fourth-order valence-corrected chi connectivity index (χ4v) is 2.86. The van der Waals surface area contributed by atoms with Gasteiger partial charge < -0.3 is 20.6 Å². The highest BCUT2D eigenvalue weighted by molar-refractivity contribution is 5.73. The maximum Gasteiger partial charge on any atom is 0.315 e. The van der Waals surface area contributed by atoms with Crippen LogP contribution in [0.4, 0.5) is 10.6 Å². The van der Waals surface area contributed by atoms with Crippen LogP contribution in [-0.4, -0.2) is 41.9 Å². The van der Waals surface area contributed by atoms with Crippen LogP contribution in [0.25, 0.3) is 0 Å². The summed E-state index contributed by atoms with van der Waals surface area (Å²) < 4.78 is 0. The number of urea groups is 1. The first-order valence-electron chi connectivity index (χ1n) is 9.39. The number of aliphatic hydroxyl groups is 1. The number of nitrogens with one attached hydrogen (secondary N) is 2. The average Bonchev–Trinajstić information content (AvgIpc) is 2.64. The quantitative estimate of drug-likeness (QED) is 0.708. The van der Waals surface area contributed by atoms with Gasteiger partial charge in [-0.1, -0.05) is 33.3 Å².